The maximum absolute atomic E-state index is 14.1. The van der Waals surface area contributed by atoms with E-state index < -0.39 is 11.7 Å². The topological polar surface area (TPSA) is 69.7 Å². The van der Waals surface area contributed by atoms with Crippen molar-refractivity contribution in [2.24, 2.45) is 11.8 Å². The highest BCUT2D eigenvalue weighted by Crippen LogP contribution is 2.37. The van der Waals surface area contributed by atoms with Gasteiger partial charge in [-0.15, -0.1) is 0 Å². The van der Waals surface area contributed by atoms with Gasteiger partial charge in [0.2, 0.25) is 17.7 Å². The molecule has 1 atom stereocenters. The third-order valence-corrected chi connectivity index (χ3v) is 6.87. The largest absolute Gasteiger partial charge is 0.323 e. The normalized spacial score (nSPS) is 20.3. The van der Waals surface area contributed by atoms with Crippen LogP contribution in [0.2, 0.25) is 0 Å². The molecule has 6 nitrogen and oxygen atoms in total. The number of nitrogens with one attached hydrogen (secondary N) is 1. The van der Waals surface area contributed by atoms with Gasteiger partial charge in [-0.2, -0.15) is 0 Å². The van der Waals surface area contributed by atoms with Crippen LogP contribution in [0.15, 0.2) is 36.4 Å². The average Bonchev–Trinajstić information content (AvgIpc) is 3.31. The van der Waals surface area contributed by atoms with E-state index in [1.807, 2.05) is 23.1 Å². The summed E-state index contributed by atoms with van der Waals surface area (Å²) in [7, 11) is 0. The fourth-order valence-corrected chi connectivity index (χ4v) is 4.75. The summed E-state index contributed by atoms with van der Waals surface area (Å²) in [5, 5.41) is 2.62. The molecule has 2 fully saturated rings. The number of anilines is 3. The lowest BCUT2D eigenvalue weighted by Gasteiger charge is -2.29. The second-order valence-corrected chi connectivity index (χ2v) is 9.06. The van der Waals surface area contributed by atoms with Crippen LogP contribution in [0.25, 0.3) is 0 Å². The zero-order valence-electron chi connectivity index (χ0n) is 18.1. The van der Waals surface area contributed by atoms with Gasteiger partial charge in [0, 0.05) is 36.8 Å². The van der Waals surface area contributed by atoms with Crippen molar-refractivity contribution in [3.05, 3.63) is 53.3 Å². The molecule has 2 aromatic rings. The summed E-state index contributed by atoms with van der Waals surface area (Å²) >= 11 is 0. The molecule has 1 saturated carbocycles. The van der Waals surface area contributed by atoms with Crippen molar-refractivity contribution >= 4 is 34.8 Å². The molecular formula is C25H26FN3O3. The number of amides is 3. The Labute approximate surface area is 186 Å². The van der Waals surface area contributed by atoms with Gasteiger partial charge in [-0.3, -0.25) is 14.4 Å². The molecule has 7 heteroatoms. The van der Waals surface area contributed by atoms with E-state index in [2.05, 4.69) is 5.32 Å². The minimum Gasteiger partial charge on any atom is -0.323 e. The number of carbonyl (C=O) groups is 3. The van der Waals surface area contributed by atoms with Crippen molar-refractivity contribution in [1.82, 2.24) is 0 Å². The minimum absolute atomic E-state index is 0.0860. The van der Waals surface area contributed by atoms with Crippen molar-refractivity contribution < 1.29 is 18.8 Å². The lowest BCUT2D eigenvalue weighted by atomic mass is 9.84. The Balaban J connectivity index is 1.28. The van der Waals surface area contributed by atoms with Crippen LogP contribution in [-0.4, -0.2) is 30.8 Å². The molecule has 1 unspecified atom stereocenters. The van der Waals surface area contributed by atoms with Gasteiger partial charge < -0.3 is 15.1 Å². The molecule has 0 bridgehead atoms. The van der Waals surface area contributed by atoms with Crippen LogP contribution in [-0.2, 0) is 20.8 Å². The summed E-state index contributed by atoms with van der Waals surface area (Å²) in [5.41, 5.74) is 3.62. The number of halogens is 1. The Morgan fingerprint density at radius 2 is 1.91 bits per heavy atom. The molecule has 3 aliphatic rings. The summed E-state index contributed by atoms with van der Waals surface area (Å²) in [6, 6.07) is 10.4. The molecule has 166 valence electrons. The Kier molecular flexibility index (Phi) is 5.19. The number of carbonyl (C=O) groups excluding carboxylic acids is 3. The van der Waals surface area contributed by atoms with E-state index in [9.17, 15) is 18.8 Å². The van der Waals surface area contributed by atoms with Gasteiger partial charge in [0.15, 0.2) is 0 Å². The lowest BCUT2D eigenvalue weighted by Crippen LogP contribution is -2.37. The summed E-state index contributed by atoms with van der Waals surface area (Å²) < 4.78 is 14.1. The van der Waals surface area contributed by atoms with Crippen LogP contribution in [0, 0.1) is 24.6 Å². The predicted octanol–water partition coefficient (Wildman–Crippen LogP) is 3.81. The number of fused-ring (bicyclic) bond motifs is 1. The molecule has 0 radical (unpaired) electrons. The molecule has 32 heavy (non-hydrogen) atoms. The van der Waals surface area contributed by atoms with E-state index in [-0.39, 0.29) is 42.3 Å². The zero-order chi connectivity index (χ0) is 22.4. The van der Waals surface area contributed by atoms with Crippen LogP contribution in [0.1, 0.15) is 36.8 Å². The van der Waals surface area contributed by atoms with E-state index in [1.54, 1.807) is 17.9 Å². The smallest absolute Gasteiger partial charge is 0.230 e. The number of nitrogens with zero attached hydrogens (tertiary/aromatic N) is 2. The van der Waals surface area contributed by atoms with Gasteiger partial charge in [-0.25, -0.2) is 4.39 Å². The molecule has 2 aromatic carbocycles. The molecule has 3 amide bonds. The Morgan fingerprint density at radius 1 is 1.09 bits per heavy atom. The van der Waals surface area contributed by atoms with Gasteiger partial charge in [0.05, 0.1) is 11.6 Å². The number of hydrogen-bond acceptors (Lipinski definition) is 3. The lowest BCUT2D eigenvalue weighted by molar-refractivity contribution is -0.124. The van der Waals surface area contributed by atoms with Crippen LogP contribution in [0.4, 0.5) is 21.5 Å². The number of hydrogen-bond donors (Lipinski definition) is 1. The molecule has 0 spiro atoms. The highest BCUT2D eigenvalue weighted by molar-refractivity contribution is 6.04. The van der Waals surface area contributed by atoms with E-state index in [0.29, 0.717) is 6.54 Å². The zero-order valence-corrected chi connectivity index (χ0v) is 18.1. The first-order valence-corrected chi connectivity index (χ1v) is 11.2. The van der Waals surface area contributed by atoms with Crippen molar-refractivity contribution in [2.75, 3.05) is 28.2 Å². The SMILES string of the molecule is Cc1ccc(NC(=O)C2CC(=O)N(c3ccc4c(c3)CCN4C(=O)C3CCC3)C2)c(F)c1. The highest BCUT2D eigenvalue weighted by atomic mass is 19.1. The first-order valence-electron chi connectivity index (χ1n) is 11.2. The van der Waals surface area contributed by atoms with Gasteiger partial charge in [0.25, 0.3) is 0 Å². The Hall–Kier alpha value is -3.22. The van der Waals surface area contributed by atoms with Crippen molar-refractivity contribution in [3.63, 3.8) is 0 Å². The fraction of sp³-hybridized carbons (Fsp3) is 0.400. The van der Waals surface area contributed by atoms with Crippen LogP contribution < -0.4 is 15.1 Å². The van der Waals surface area contributed by atoms with E-state index in [1.165, 1.54) is 12.1 Å². The first-order chi connectivity index (χ1) is 15.4. The molecule has 5 rings (SSSR count). The van der Waals surface area contributed by atoms with Gasteiger partial charge >= 0.3 is 0 Å². The number of rotatable bonds is 4. The van der Waals surface area contributed by atoms with E-state index >= 15 is 0 Å². The number of benzene rings is 2. The van der Waals surface area contributed by atoms with Crippen molar-refractivity contribution in [3.8, 4) is 0 Å². The fourth-order valence-electron chi connectivity index (χ4n) is 4.75. The van der Waals surface area contributed by atoms with E-state index in [0.717, 1.165) is 48.2 Å². The monoisotopic (exact) mass is 435 g/mol. The summed E-state index contributed by atoms with van der Waals surface area (Å²) in [5.74, 6) is -1.16. The van der Waals surface area contributed by atoms with Gasteiger partial charge in [-0.05, 0) is 67.6 Å². The maximum atomic E-state index is 14.1. The Bertz CT molecular complexity index is 1110. The first kappa shape index (κ1) is 20.7. The maximum Gasteiger partial charge on any atom is 0.230 e. The molecule has 1 aliphatic carbocycles. The summed E-state index contributed by atoms with van der Waals surface area (Å²) in [6.45, 7) is 2.71. The third-order valence-electron chi connectivity index (χ3n) is 6.87. The summed E-state index contributed by atoms with van der Waals surface area (Å²) in [6.07, 6.45) is 3.92. The second kappa shape index (κ2) is 8.04. The summed E-state index contributed by atoms with van der Waals surface area (Å²) in [4.78, 5) is 41.5. The van der Waals surface area contributed by atoms with Gasteiger partial charge in [-0.1, -0.05) is 12.5 Å². The average molecular weight is 435 g/mol. The molecule has 0 aromatic heterocycles. The van der Waals surface area contributed by atoms with Crippen molar-refractivity contribution in [1.29, 1.82) is 0 Å². The predicted molar refractivity (Wildman–Crippen MR) is 120 cm³/mol. The van der Waals surface area contributed by atoms with E-state index in [4.69, 9.17) is 0 Å². The van der Waals surface area contributed by atoms with Crippen molar-refractivity contribution in [2.45, 2.75) is 39.0 Å². The molecule has 1 N–H and O–H groups in total. The molecular weight excluding hydrogens is 409 g/mol. The Morgan fingerprint density at radius 3 is 2.62 bits per heavy atom. The molecule has 1 saturated heterocycles. The number of aryl methyl sites for hydroxylation is 1. The molecule has 2 heterocycles. The standard InChI is InChI=1S/C25H26FN3O3/c1-15-5-7-21(20(26)11-15)27-24(31)18-13-23(30)29(14-18)19-6-8-22-17(12-19)9-10-28(22)25(32)16-3-2-4-16/h5-8,11-12,16,18H,2-4,9-10,13-14H2,1H3,(H,27,31). The highest BCUT2D eigenvalue weighted by Gasteiger charge is 2.37. The van der Waals surface area contributed by atoms with Crippen LogP contribution >= 0.6 is 0 Å². The third kappa shape index (κ3) is 3.66. The van der Waals surface area contributed by atoms with Gasteiger partial charge in [0.1, 0.15) is 5.82 Å². The van der Waals surface area contributed by atoms with Crippen LogP contribution in [0.3, 0.4) is 0 Å². The van der Waals surface area contributed by atoms with Crippen LogP contribution in [0.5, 0.6) is 0 Å². The minimum atomic E-state index is -0.548. The quantitative estimate of drug-likeness (QED) is 0.794. The second-order valence-electron chi connectivity index (χ2n) is 9.06. The molecule has 2 aliphatic heterocycles.